The molecule has 0 aliphatic heterocycles. The predicted molar refractivity (Wildman–Crippen MR) is 132 cm³/mol. The van der Waals surface area contributed by atoms with Crippen molar-refractivity contribution in [2.24, 2.45) is 7.05 Å². The number of aryl methyl sites for hydroxylation is 1. The Morgan fingerprint density at radius 3 is 2.37 bits per heavy atom. The third-order valence-electron chi connectivity index (χ3n) is 5.62. The molecule has 0 aliphatic carbocycles. The summed E-state index contributed by atoms with van der Waals surface area (Å²) in [5.74, 6) is -0.580. The lowest BCUT2D eigenvalue weighted by Crippen LogP contribution is -2.36. The summed E-state index contributed by atoms with van der Waals surface area (Å²) in [5, 5.41) is 6.21. The van der Waals surface area contributed by atoms with E-state index in [1.54, 1.807) is 60.4 Å². The van der Waals surface area contributed by atoms with E-state index in [-0.39, 0.29) is 18.2 Å². The van der Waals surface area contributed by atoms with Gasteiger partial charge in [-0.2, -0.15) is 0 Å². The summed E-state index contributed by atoms with van der Waals surface area (Å²) < 4.78 is 15.7. The van der Waals surface area contributed by atoms with Gasteiger partial charge in [0.1, 0.15) is 17.7 Å². The molecule has 0 bridgehead atoms. The average molecular weight is 491 g/mol. The van der Waals surface area contributed by atoms with Gasteiger partial charge in [-0.15, -0.1) is 0 Å². The summed E-state index contributed by atoms with van der Waals surface area (Å²) in [6, 6.07) is 20.7. The smallest absolute Gasteiger partial charge is 0.253 e. The van der Waals surface area contributed by atoms with Gasteiger partial charge < -0.3 is 15.2 Å². The molecule has 178 valence electrons. The fourth-order valence-corrected chi connectivity index (χ4v) is 4.08. The molecular formula is C27H24ClFN4O2. The SMILES string of the molecule is Cn1ccnc1C(NC(=O)CC(NC(=O)c1ccccc1Cl)c1ccccc1)c1cccc(F)c1. The number of carbonyl (C=O) groups is 2. The molecule has 2 atom stereocenters. The largest absolute Gasteiger partial charge is 0.345 e. The van der Waals surface area contributed by atoms with Crippen LogP contribution in [0.1, 0.15) is 45.8 Å². The lowest BCUT2D eigenvalue weighted by molar-refractivity contribution is -0.122. The summed E-state index contributed by atoms with van der Waals surface area (Å²) in [7, 11) is 1.80. The zero-order valence-electron chi connectivity index (χ0n) is 19.0. The second kappa shape index (κ2) is 11.0. The molecule has 0 fully saturated rings. The highest BCUT2D eigenvalue weighted by molar-refractivity contribution is 6.33. The van der Waals surface area contributed by atoms with Crippen molar-refractivity contribution in [3.05, 3.63) is 125 Å². The van der Waals surface area contributed by atoms with Crippen molar-refractivity contribution >= 4 is 23.4 Å². The second-order valence-electron chi connectivity index (χ2n) is 8.07. The Labute approximate surface area is 207 Å². The molecule has 1 heterocycles. The van der Waals surface area contributed by atoms with Crippen LogP contribution in [-0.4, -0.2) is 21.4 Å². The number of imidazole rings is 1. The number of hydrogen-bond acceptors (Lipinski definition) is 3. The Morgan fingerprint density at radius 1 is 0.971 bits per heavy atom. The molecule has 4 aromatic rings. The van der Waals surface area contributed by atoms with Crippen LogP contribution >= 0.6 is 11.6 Å². The van der Waals surface area contributed by atoms with E-state index in [4.69, 9.17) is 11.6 Å². The maximum absolute atomic E-state index is 14.0. The van der Waals surface area contributed by atoms with Crippen LogP contribution in [0.4, 0.5) is 4.39 Å². The molecule has 2 N–H and O–H groups in total. The second-order valence-corrected chi connectivity index (χ2v) is 8.48. The van der Waals surface area contributed by atoms with Gasteiger partial charge in [-0.25, -0.2) is 9.37 Å². The summed E-state index contributed by atoms with van der Waals surface area (Å²) in [4.78, 5) is 30.6. The topological polar surface area (TPSA) is 76.0 Å². The monoisotopic (exact) mass is 490 g/mol. The van der Waals surface area contributed by atoms with Crippen molar-refractivity contribution in [3.8, 4) is 0 Å². The van der Waals surface area contributed by atoms with E-state index in [9.17, 15) is 14.0 Å². The number of carbonyl (C=O) groups excluding carboxylic acids is 2. The van der Waals surface area contributed by atoms with E-state index in [0.29, 0.717) is 22.0 Å². The highest BCUT2D eigenvalue weighted by Gasteiger charge is 2.25. The highest BCUT2D eigenvalue weighted by Crippen LogP contribution is 2.24. The standard InChI is InChI=1S/C27H24ClFN4O2/c1-33-15-14-30-26(33)25(19-10-7-11-20(29)16-19)32-24(34)17-23(18-8-3-2-4-9-18)31-27(35)21-12-5-6-13-22(21)28/h2-16,23,25H,17H2,1H3,(H,31,35)(H,32,34). The Morgan fingerprint density at radius 2 is 1.69 bits per heavy atom. The van der Waals surface area contributed by atoms with Gasteiger partial charge in [0.05, 0.1) is 23.0 Å². The number of amides is 2. The number of hydrogen-bond donors (Lipinski definition) is 2. The van der Waals surface area contributed by atoms with Crippen LogP contribution in [0.25, 0.3) is 0 Å². The number of nitrogens with one attached hydrogen (secondary N) is 2. The molecule has 0 saturated carbocycles. The first-order valence-electron chi connectivity index (χ1n) is 11.0. The van der Waals surface area contributed by atoms with Gasteiger partial charge in [-0.05, 0) is 35.4 Å². The van der Waals surface area contributed by atoms with Gasteiger partial charge in [0.2, 0.25) is 5.91 Å². The number of aromatic nitrogens is 2. The summed E-state index contributed by atoms with van der Waals surface area (Å²) in [6.07, 6.45) is 3.32. The molecule has 0 saturated heterocycles. The maximum Gasteiger partial charge on any atom is 0.253 e. The predicted octanol–water partition coefficient (Wildman–Crippen LogP) is 4.98. The van der Waals surface area contributed by atoms with Gasteiger partial charge >= 0.3 is 0 Å². The molecule has 2 unspecified atom stereocenters. The minimum Gasteiger partial charge on any atom is -0.345 e. The number of nitrogens with zero attached hydrogens (tertiary/aromatic N) is 2. The van der Waals surface area contributed by atoms with Crippen molar-refractivity contribution in [2.45, 2.75) is 18.5 Å². The van der Waals surface area contributed by atoms with Crippen LogP contribution in [0, 0.1) is 5.82 Å². The zero-order valence-corrected chi connectivity index (χ0v) is 19.7. The lowest BCUT2D eigenvalue weighted by Gasteiger charge is -2.23. The van der Waals surface area contributed by atoms with Crippen molar-refractivity contribution in [2.75, 3.05) is 0 Å². The van der Waals surface area contributed by atoms with Crippen LogP contribution in [0.3, 0.4) is 0 Å². The van der Waals surface area contributed by atoms with Gasteiger partial charge in [0.15, 0.2) is 0 Å². The molecule has 8 heteroatoms. The Kier molecular flexibility index (Phi) is 7.57. The molecule has 3 aromatic carbocycles. The van der Waals surface area contributed by atoms with Crippen LogP contribution in [0.2, 0.25) is 5.02 Å². The zero-order chi connectivity index (χ0) is 24.8. The molecule has 6 nitrogen and oxygen atoms in total. The molecule has 35 heavy (non-hydrogen) atoms. The van der Waals surface area contributed by atoms with E-state index in [0.717, 1.165) is 5.56 Å². The number of halogens is 2. The van der Waals surface area contributed by atoms with E-state index >= 15 is 0 Å². The Hall–Kier alpha value is -3.97. The number of rotatable bonds is 8. The molecule has 2 amide bonds. The van der Waals surface area contributed by atoms with Crippen LogP contribution < -0.4 is 10.6 Å². The van der Waals surface area contributed by atoms with Crippen LogP contribution in [0.5, 0.6) is 0 Å². The van der Waals surface area contributed by atoms with E-state index in [2.05, 4.69) is 15.6 Å². The Bertz CT molecular complexity index is 1330. The normalized spacial score (nSPS) is 12.5. The average Bonchev–Trinajstić information content (AvgIpc) is 3.28. The van der Waals surface area contributed by atoms with Gasteiger partial charge in [0.25, 0.3) is 5.91 Å². The van der Waals surface area contributed by atoms with E-state index in [1.165, 1.54) is 12.1 Å². The summed E-state index contributed by atoms with van der Waals surface area (Å²) in [6.45, 7) is 0. The van der Waals surface area contributed by atoms with Gasteiger partial charge in [0, 0.05) is 19.4 Å². The number of benzene rings is 3. The van der Waals surface area contributed by atoms with Crippen molar-refractivity contribution in [1.29, 1.82) is 0 Å². The quantitative estimate of drug-likeness (QED) is 0.366. The first kappa shape index (κ1) is 24.2. The molecular weight excluding hydrogens is 467 g/mol. The highest BCUT2D eigenvalue weighted by atomic mass is 35.5. The Balaban J connectivity index is 1.58. The lowest BCUT2D eigenvalue weighted by atomic mass is 10.0. The molecule has 0 aliphatic rings. The van der Waals surface area contributed by atoms with Gasteiger partial charge in [-0.3, -0.25) is 9.59 Å². The molecule has 0 radical (unpaired) electrons. The van der Waals surface area contributed by atoms with Crippen molar-refractivity contribution in [3.63, 3.8) is 0 Å². The van der Waals surface area contributed by atoms with Crippen LogP contribution in [-0.2, 0) is 11.8 Å². The maximum atomic E-state index is 14.0. The summed E-state index contributed by atoms with van der Waals surface area (Å²) in [5.41, 5.74) is 1.65. The third kappa shape index (κ3) is 5.94. The minimum absolute atomic E-state index is 0.0452. The first-order valence-corrected chi connectivity index (χ1v) is 11.4. The fraction of sp³-hybridized carbons (Fsp3) is 0.148. The van der Waals surface area contributed by atoms with E-state index in [1.807, 2.05) is 30.3 Å². The summed E-state index contributed by atoms with van der Waals surface area (Å²) >= 11 is 6.20. The van der Waals surface area contributed by atoms with E-state index < -0.39 is 17.9 Å². The third-order valence-corrected chi connectivity index (χ3v) is 5.95. The van der Waals surface area contributed by atoms with Crippen LogP contribution in [0.15, 0.2) is 91.3 Å². The van der Waals surface area contributed by atoms with Crippen molar-refractivity contribution < 1.29 is 14.0 Å². The van der Waals surface area contributed by atoms with Crippen molar-refractivity contribution in [1.82, 2.24) is 20.2 Å². The molecule has 4 rings (SSSR count). The molecule has 1 aromatic heterocycles. The molecule has 0 spiro atoms. The minimum atomic E-state index is -0.672. The first-order chi connectivity index (χ1) is 16.9. The van der Waals surface area contributed by atoms with Gasteiger partial charge in [-0.1, -0.05) is 66.2 Å². The fourth-order valence-electron chi connectivity index (χ4n) is 3.86.